The van der Waals surface area contributed by atoms with Crippen LogP contribution in [0.1, 0.15) is 12.5 Å². The number of thioether (sulfide) groups is 1. The molecule has 0 aliphatic carbocycles. The molecule has 5 rings (SSSR count). The Bertz CT molecular complexity index is 1480. The molecule has 1 saturated heterocycles. The van der Waals surface area contributed by atoms with E-state index in [0.717, 1.165) is 23.9 Å². The number of halogens is 6. The molecule has 2 aromatic carbocycles. The van der Waals surface area contributed by atoms with Crippen LogP contribution in [-0.2, 0) is 17.5 Å². The van der Waals surface area contributed by atoms with Gasteiger partial charge in [-0.1, -0.05) is 11.6 Å². The number of piperazine rings is 1. The summed E-state index contributed by atoms with van der Waals surface area (Å²) in [5, 5.41) is -0.390. The van der Waals surface area contributed by atoms with Gasteiger partial charge in [0.15, 0.2) is 0 Å². The molecule has 0 N–H and O–H groups in total. The average molecular weight is 575 g/mol. The highest BCUT2D eigenvalue weighted by Gasteiger charge is 2.39. The molecule has 38 heavy (non-hydrogen) atoms. The number of nitrogens with zero attached hydrogens (tertiary/aromatic N) is 4. The van der Waals surface area contributed by atoms with E-state index in [-0.39, 0.29) is 40.0 Å². The lowest BCUT2D eigenvalue weighted by atomic mass is 9.95. The van der Waals surface area contributed by atoms with Crippen molar-refractivity contribution in [2.45, 2.75) is 36.7 Å². The lowest BCUT2D eigenvalue weighted by Gasteiger charge is -2.39. The maximum atomic E-state index is 15.1. The third kappa shape index (κ3) is 4.65. The maximum absolute atomic E-state index is 15.1. The molecule has 3 aromatic rings. The van der Waals surface area contributed by atoms with Gasteiger partial charge in [0.2, 0.25) is 0 Å². The van der Waals surface area contributed by atoms with Crippen LogP contribution in [-0.4, -0.2) is 66.1 Å². The summed E-state index contributed by atoms with van der Waals surface area (Å²) in [6, 6.07) is 2.10. The van der Waals surface area contributed by atoms with Crippen LogP contribution in [0.3, 0.4) is 0 Å². The van der Waals surface area contributed by atoms with Gasteiger partial charge in [0.1, 0.15) is 17.5 Å². The summed E-state index contributed by atoms with van der Waals surface area (Å²) < 4.78 is 79.8. The van der Waals surface area contributed by atoms with Gasteiger partial charge in [-0.2, -0.15) is 18.2 Å². The van der Waals surface area contributed by atoms with Crippen molar-refractivity contribution in [1.82, 2.24) is 14.5 Å². The lowest BCUT2D eigenvalue weighted by Crippen LogP contribution is -2.51. The van der Waals surface area contributed by atoms with Gasteiger partial charge in [0.05, 0.1) is 28.8 Å². The minimum Gasteiger partial charge on any atom is -0.379 e. The minimum absolute atomic E-state index is 0.0403. The smallest absolute Gasteiger partial charge is 0.379 e. The molecule has 0 bridgehead atoms. The monoisotopic (exact) mass is 574 g/mol. The van der Waals surface area contributed by atoms with E-state index in [0.29, 0.717) is 25.7 Å². The highest BCUT2D eigenvalue weighted by Crippen LogP contribution is 2.49. The first-order valence-electron chi connectivity index (χ1n) is 11.8. The van der Waals surface area contributed by atoms with Crippen LogP contribution in [0.5, 0.6) is 0 Å². The van der Waals surface area contributed by atoms with Crippen LogP contribution in [0.25, 0.3) is 22.0 Å². The molecule has 2 atom stereocenters. The molecule has 0 amide bonds. The molecule has 1 aromatic heterocycles. The van der Waals surface area contributed by atoms with Crippen molar-refractivity contribution in [2.75, 3.05) is 44.4 Å². The Kier molecular flexibility index (Phi) is 7.12. The highest BCUT2D eigenvalue weighted by molar-refractivity contribution is 7.99. The topological polar surface area (TPSA) is 50.6 Å². The van der Waals surface area contributed by atoms with Gasteiger partial charge in [-0.15, -0.1) is 11.8 Å². The molecule has 0 unspecified atom stereocenters. The first-order chi connectivity index (χ1) is 17.9. The van der Waals surface area contributed by atoms with E-state index in [1.54, 1.807) is 0 Å². The first kappa shape index (κ1) is 27.2. The Hall–Kier alpha value is -2.41. The lowest BCUT2D eigenvalue weighted by molar-refractivity contribution is -0.137. The molecule has 1 fully saturated rings. The van der Waals surface area contributed by atoms with Crippen LogP contribution in [0, 0.1) is 11.6 Å². The predicted octanol–water partition coefficient (Wildman–Crippen LogP) is 5.27. The van der Waals surface area contributed by atoms with Gasteiger partial charge in [-0.25, -0.2) is 13.6 Å². The van der Waals surface area contributed by atoms with E-state index < -0.39 is 51.3 Å². The van der Waals surface area contributed by atoms with Gasteiger partial charge in [0, 0.05) is 66.0 Å². The number of aromatic nitrogens is 2. The number of anilines is 1. The van der Waals surface area contributed by atoms with Crippen molar-refractivity contribution >= 4 is 40.1 Å². The molecule has 2 aliphatic heterocycles. The Morgan fingerprint density at radius 3 is 2.53 bits per heavy atom. The average Bonchev–Trinajstić information content (AvgIpc) is 3.04. The summed E-state index contributed by atoms with van der Waals surface area (Å²) in [5.74, 6) is -1.95. The van der Waals surface area contributed by atoms with Crippen molar-refractivity contribution in [1.29, 1.82) is 0 Å². The number of hydrogen-bond acceptors (Lipinski definition) is 6. The van der Waals surface area contributed by atoms with E-state index >= 15 is 4.39 Å². The van der Waals surface area contributed by atoms with Gasteiger partial charge >= 0.3 is 11.9 Å². The molecule has 0 saturated carbocycles. The minimum atomic E-state index is -4.91. The Labute approximate surface area is 224 Å². The summed E-state index contributed by atoms with van der Waals surface area (Å²) in [6.45, 7) is 3.68. The van der Waals surface area contributed by atoms with E-state index in [9.17, 15) is 22.4 Å². The quantitative estimate of drug-likeness (QED) is 0.314. The largest absolute Gasteiger partial charge is 0.417 e. The standard InChI is InChI=1S/C25H24ClF5N4O2S/c1-12-9-33(2)4-5-34(12)23-15-6-16(25(29,30)31)20(14-7-17(26)19(28)8-18(14)27)22-21(15)35(24(36)32-23)10-13(37-3)11-38-22/h6-8,12-13H,4-5,9-11H2,1-3H3/t12-,13+/m0/s1. The molecular weight excluding hydrogens is 551 g/mol. The van der Waals surface area contributed by atoms with E-state index in [4.69, 9.17) is 16.3 Å². The van der Waals surface area contributed by atoms with Crippen molar-refractivity contribution in [2.24, 2.45) is 0 Å². The number of rotatable bonds is 3. The second-order valence-electron chi connectivity index (χ2n) is 9.57. The van der Waals surface area contributed by atoms with Crippen LogP contribution >= 0.6 is 23.4 Å². The summed E-state index contributed by atoms with van der Waals surface area (Å²) in [7, 11) is 3.38. The van der Waals surface area contributed by atoms with E-state index in [2.05, 4.69) is 9.88 Å². The fraction of sp³-hybridized carbons (Fsp3) is 0.440. The molecule has 6 nitrogen and oxygen atoms in total. The number of ether oxygens (including phenoxy) is 1. The molecule has 13 heteroatoms. The second kappa shape index (κ2) is 9.96. The highest BCUT2D eigenvalue weighted by atomic mass is 35.5. The normalized spacial score (nSPS) is 20.7. The molecule has 2 aliphatic rings. The van der Waals surface area contributed by atoms with Gasteiger partial charge in [0.25, 0.3) is 0 Å². The summed E-state index contributed by atoms with van der Waals surface area (Å²) in [6.07, 6.45) is -5.43. The van der Waals surface area contributed by atoms with Crippen molar-refractivity contribution in [3.05, 3.63) is 50.9 Å². The SMILES string of the molecule is CO[C@H]1CSc2c(-c3cc(Cl)c(F)cc3F)c(C(F)(F)F)cc3c(N4CCN(C)C[C@@H]4C)nc(=O)n(c23)C1. The van der Waals surface area contributed by atoms with E-state index in [1.807, 2.05) is 18.9 Å². The maximum Gasteiger partial charge on any atom is 0.417 e. The Morgan fingerprint density at radius 1 is 1.13 bits per heavy atom. The fourth-order valence-corrected chi connectivity index (χ4v) is 6.64. The zero-order chi connectivity index (χ0) is 27.5. The van der Waals surface area contributed by atoms with Gasteiger partial charge in [-0.05, 0) is 26.1 Å². The third-order valence-corrected chi connectivity index (χ3v) is 8.53. The van der Waals surface area contributed by atoms with Gasteiger partial charge in [-0.3, -0.25) is 4.57 Å². The predicted molar refractivity (Wildman–Crippen MR) is 137 cm³/mol. The van der Waals surface area contributed by atoms with Crippen LogP contribution in [0.4, 0.5) is 27.8 Å². The Balaban J connectivity index is 1.92. The van der Waals surface area contributed by atoms with Crippen LogP contribution in [0.15, 0.2) is 27.9 Å². The molecule has 3 heterocycles. The van der Waals surface area contributed by atoms with Crippen molar-refractivity contribution < 1.29 is 26.7 Å². The zero-order valence-corrected chi connectivity index (χ0v) is 22.3. The Morgan fingerprint density at radius 2 is 1.87 bits per heavy atom. The van der Waals surface area contributed by atoms with Crippen LogP contribution < -0.4 is 10.6 Å². The number of alkyl halides is 3. The zero-order valence-electron chi connectivity index (χ0n) is 20.7. The number of hydrogen-bond donors (Lipinski definition) is 0. The molecule has 204 valence electrons. The first-order valence-corrected chi connectivity index (χ1v) is 13.2. The number of benzene rings is 2. The summed E-state index contributed by atoms with van der Waals surface area (Å²) >= 11 is 6.92. The van der Waals surface area contributed by atoms with Crippen molar-refractivity contribution in [3.8, 4) is 11.1 Å². The van der Waals surface area contributed by atoms with E-state index in [1.165, 1.54) is 11.7 Å². The molecule has 0 radical (unpaired) electrons. The van der Waals surface area contributed by atoms with Gasteiger partial charge < -0.3 is 14.5 Å². The third-order valence-electron chi connectivity index (χ3n) is 7.02. The summed E-state index contributed by atoms with van der Waals surface area (Å²) in [5.41, 5.74) is -2.57. The number of methoxy groups -OCH3 is 1. The second-order valence-corrected chi connectivity index (χ2v) is 11.0. The van der Waals surface area contributed by atoms with Crippen molar-refractivity contribution in [3.63, 3.8) is 0 Å². The fourth-order valence-electron chi connectivity index (χ4n) is 5.16. The number of likely N-dealkylation sites (N-methyl/N-ethyl adjacent to an activating group) is 1. The molecular formula is C25H24ClF5N4O2S. The molecule has 0 spiro atoms. The van der Waals surface area contributed by atoms with Crippen LogP contribution in [0.2, 0.25) is 5.02 Å². The summed E-state index contributed by atoms with van der Waals surface area (Å²) in [4.78, 5) is 21.6.